The lowest BCUT2D eigenvalue weighted by molar-refractivity contribution is -0.123. The molecule has 0 heterocycles. The second kappa shape index (κ2) is 6.19. The number of carbonyl (C=O) groups excluding carboxylic acids is 2. The third kappa shape index (κ3) is 4.20. The van der Waals surface area contributed by atoms with Crippen LogP contribution in [-0.4, -0.2) is 24.3 Å². The lowest BCUT2D eigenvalue weighted by Gasteiger charge is -2.11. The van der Waals surface area contributed by atoms with E-state index in [-0.39, 0.29) is 24.3 Å². The van der Waals surface area contributed by atoms with E-state index in [9.17, 15) is 9.59 Å². The van der Waals surface area contributed by atoms with Crippen molar-refractivity contribution in [2.24, 2.45) is 0 Å². The summed E-state index contributed by atoms with van der Waals surface area (Å²) in [5, 5.41) is 2.74. The van der Waals surface area contributed by atoms with Crippen LogP contribution in [0.2, 0.25) is 0 Å². The first kappa shape index (κ1) is 14.2. The highest BCUT2D eigenvalue weighted by Crippen LogP contribution is 2.19. The zero-order chi connectivity index (χ0) is 13.7. The highest BCUT2D eigenvalue weighted by Gasteiger charge is 2.07. The SMILES string of the molecule is CC(=O)c1ccc(OCC(=O)NC(C)C)c(C)c1. The van der Waals surface area contributed by atoms with Gasteiger partial charge in [0.25, 0.3) is 5.91 Å². The van der Waals surface area contributed by atoms with Crippen LogP contribution in [0.15, 0.2) is 18.2 Å². The molecule has 1 amide bonds. The van der Waals surface area contributed by atoms with Gasteiger partial charge in [0, 0.05) is 11.6 Å². The normalized spacial score (nSPS) is 10.3. The quantitative estimate of drug-likeness (QED) is 0.813. The Morgan fingerprint density at radius 2 is 2.00 bits per heavy atom. The van der Waals surface area contributed by atoms with Crippen molar-refractivity contribution in [2.45, 2.75) is 33.7 Å². The molecule has 0 fully saturated rings. The van der Waals surface area contributed by atoms with E-state index in [1.807, 2.05) is 20.8 Å². The fourth-order valence-corrected chi connectivity index (χ4v) is 1.54. The number of aryl methyl sites for hydroxylation is 1. The number of benzene rings is 1. The standard InChI is InChI=1S/C14H19NO3/c1-9(2)15-14(17)8-18-13-6-5-12(11(4)16)7-10(13)3/h5-7,9H,8H2,1-4H3,(H,15,17). The predicted octanol–water partition coefficient (Wildman–Crippen LogP) is 2.10. The predicted molar refractivity (Wildman–Crippen MR) is 70.0 cm³/mol. The van der Waals surface area contributed by atoms with E-state index in [4.69, 9.17) is 4.74 Å². The molecular formula is C14H19NO3. The van der Waals surface area contributed by atoms with Gasteiger partial charge in [-0.2, -0.15) is 0 Å². The van der Waals surface area contributed by atoms with Gasteiger partial charge < -0.3 is 10.1 Å². The van der Waals surface area contributed by atoms with Gasteiger partial charge in [-0.25, -0.2) is 0 Å². The Balaban J connectivity index is 2.63. The van der Waals surface area contributed by atoms with Crippen LogP contribution in [0.3, 0.4) is 0 Å². The lowest BCUT2D eigenvalue weighted by Crippen LogP contribution is -2.34. The fourth-order valence-electron chi connectivity index (χ4n) is 1.54. The monoisotopic (exact) mass is 249 g/mol. The van der Waals surface area contributed by atoms with Gasteiger partial charge in [0.15, 0.2) is 12.4 Å². The van der Waals surface area contributed by atoms with Crippen LogP contribution in [0.25, 0.3) is 0 Å². The van der Waals surface area contributed by atoms with E-state index in [0.717, 1.165) is 5.56 Å². The average Bonchev–Trinajstić information content (AvgIpc) is 2.26. The molecule has 0 atom stereocenters. The molecule has 18 heavy (non-hydrogen) atoms. The maximum atomic E-state index is 11.4. The number of hydrogen-bond donors (Lipinski definition) is 1. The number of carbonyl (C=O) groups is 2. The molecule has 98 valence electrons. The topological polar surface area (TPSA) is 55.4 Å². The average molecular weight is 249 g/mol. The van der Waals surface area contributed by atoms with E-state index >= 15 is 0 Å². The second-order valence-corrected chi connectivity index (χ2v) is 4.55. The summed E-state index contributed by atoms with van der Waals surface area (Å²) >= 11 is 0. The van der Waals surface area contributed by atoms with E-state index in [2.05, 4.69) is 5.32 Å². The molecule has 4 nitrogen and oxygen atoms in total. The van der Waals surface area contributed by atoms with Gasteiger partial charge in [-0.1, -0.05) is 0 Å². The molecule has 1 aromatic carbocycles. The minimum absolute atomic E-state index is 0.0154. The Morgan fingerprint density at radius 1 is 1.33 bits per heavy atom. The van der Waals surface area contributed by atoms with E-state index in [0.29, 0.717) is 11.3 Å². The van der Waals surface area contributed by atoms with E-state index in [1.54, 1.807) is 18.2 Å². The summed E-state index contributed by atoms with van der Waals surface area (Å²) in [6.45, 7) is 7.14. The van der Waals surface area contributed by atoms with Crippen molar-refractivity contribution in [1.29, 1.82) is 0 Å². The van der Waals surface area contributed by atoms with Gasteiger partial charge in [0.2, 0.25) is 0 Å². The number of amides is 1. The third-order valence-corrected chi connectivity index (χ3v) is 2.39. The van der Waals surface area contributed by atoms with Crippen LogP contribution in [0.5, 0.6) is 5.75 Å². The van der Waals surface area contributed by atoms with Gasteiger partial charge in [-0.3, -0.25) is 9.59 Å². The van der Waals surface area contributed by atoms with Crippen LogP contribution < -0.4 is 10.1 Å². The molecule has 0 saturated heterocycles. The van der Waals surface area contributed by atoms with Crippen LogP contribution in [0, 0.1) is 6.92 Å². The summed E-state index contributed by atoms with van der Waals surface area (Å²) in [7, 11) is 0. The number of Topliss-reactive ketones (excluding diaryl/α,β-unsaturated/α-hetero) is 1. The highest BCUT2D eigenvalue weighted by atomic mass is 16.5. The van der Waals surface area contributed by atoms with Crippen LogP contribution in [0.1, 0.15) is 36.7 Å². The minimum Gasteiger partial charge on any atom is -0.484 e. The van der Waals surface area contributed by atoms with Crippen molar-refractivity contribution in [1.82, 2.24) is 5.32 Å². The van der Waals surface area contributed by atoms with E-state index in [1.165, 1.54) is 6.92 Å². The molecule has 0 aromatic heterocycles. The van der Waals surface area contributed by atoms with Crippen molar-refractivity contribution in [2.75, 3.05) is 6.61 Å². The zero-order valence-electron chi connectivity index (χ0n) is 11.2. The van der Waals surface area contributed by atoms with Crippen LogP contribution in [0.4, 0.5) is 0 Å². The summed E-state index contributed by atoms with van der Waals surface area (Å²) in [5.74, 6) is 0.487. The van der Waals surface area contributed by atoms with Crippen LogP contribution >= 0.6 is 0 Å². The number of hydrogen-bond acceptors (Lipinski definition) is 3. The molecule has 0 aliphatic carbocycles. The summed E-state index contributed by atoms with van der Waals surface area (Å²) in [5.41, 5.74) is 1.49. The number of ketones is 1. The molecule has 0 bridgehead atoms. The summed E-state index contributed by atoms with van der Waals surface area (Å²) in [4.78, 5) is 22.6. The fraction of sp³-hybridized carbons (Fsp3) is 0.429. The molecule has 1 rings (SSSR count). The first-order valence-corrected chi connectivity index (χ1v) is 5.94. The Bertz CT molecular complexity index is 452. The Labute approximate surface area is 107 Å². The van der Waals surface area contributed by atoms with Gasteiger partial charge in [0.05, 0.1) is 0 Å². The zero-order valence-corrected chi connectivity index (χ0v) is 11.2. The summed E-state index contributed by atoms with van der Waals surface area (Å²) in [6.07, 6.45) is 0. The molecule has 0 aliphatic heterocycles. The maximum absolute atomic E-state index is 11.4. The molecular weight excluding hydrogens is 230 g/mol. The van der Waals surface area contributed by atoms with Crippen molar-refractivity contribution >= 4 is 11.7 Å². The number of ether oxygens (including phenoxy) is 1. The number of nitrogens with one attached hydrogen (secondary N) is 1. The number of rotatable bonds is 5. The summed E-state index contributed by atoms with van der Waals surface area (Å²) in [6, 6.07) is 5.28. The maximum Gasteiger partial charge on any atom is 0.258 e. The molecule has 1 N–H and O–H groups in total. The first-order valence-electron chi connectivity index (χ1n) is 5.94. The third-order valence-electron chi connectivity index (χ3n) is 2.39. The van der Waals surface area contributed by atoms with Gasteiger partial charge in [-0.15, -0.1) is 0 Å². The Kier molecular flexibility index (Phi) is 4.89. The second-order valence-electron chi connectivity index (χ2n) is 4.55. The minimum atomic E-state index is -0.153. The smallest absolute Gasteiger partial charge is 0.258 e. The van der Waals surface area contributed by atoms with Crippen molar-refractivity contribution in [3.63, 3.8) is 0 Å². The molecule has 4 heteroatoms. The van der Waals surface area contributed by atoms with Gasteiger partial charge >= 0.3 is 0 Å². The molecule has 0 unspecified atom stereocenters. The van der Waals surface area contributed by atoms with Crippen molar-refractivity contribution in [3.8, 4) is 5.75 Å². The molecule has 0 aliphatic rings. The molecule has 0 saturated carbocycles. The van der Waals surface area contributed by atoms with Crippen LogP contribution in [-0.2, 0) is 4.79 Å². The first-order chi connectivity index (χ1) is 8.40. The Morgan fingerprint density at radius 3 is 2.50 bits per heavy atom. The Hall–Kier alpha value is -1.84. The van der Waals surface area contributed by atoms with Gasteiger partial charge in [0.1, 0.15) is 5.75 Å². The largest absolute Gasteiger partial charge is 0.484 e. The van der Waals surface area contributed by atoms with Crippen molar-refractivity contribution in [3.05, 3.63) is 29.3 Å². The molecule has 0 radical (unpaired) electrons. The van der Waals surface area contributed by atoms with E-state index < -0.39 is 0 Å². The molecule has 0 spiro atoms. The van der Waals surface area contributed by atoms with Crippen molar-refractivity contribution < 1.29 is 14.3 Å². The lowest BCUT2D eigenvalue weighted by atomic mass is 10.1. The summed E-state index contributed by atoms with van der Waals surface area (Å²) < 4.78 is 5.41. The highest BCUT2D eigenvalue weighted by molar-refractivity contribution is 5.94. The molecule has 1 aromatic rings. The van der Waals surface area contributed by atoms with Gasteiger partial charge in [-0.05, 0) is 51.5 Å².